The molecule has 184 valence electrons. The number of ether oxygens (including phenoxy) is 2. The van der Waals surface area contributed by atoms with E-state index in [-0.39, 0.29) is 23.8 Å². The van der Waals surface area contributed by atoms with Gasteiger partial charge in [0.15, 0.2) is 5.54 Å². The zero-order valence-corrected chi connectivity index (χ0v) is 21.6. The van der Waals surface area contributed by atoms with Crippen LogP contribution in [0.2, 0.25) is 0 Å². The summed E-state index contributed by atoms with van der Waals surface area (Å²) in [5.41, 5.74) is 0.201. The molecule has 3 aromatic rings. The molecule has 0 radical (unpaired) electrons. The fourth-order valence-corrected chi connectivity index (χ4v) is 5.84. The van der Waals surface area contributed by atoms with Crippen LogP contribution in [0, 0.1) is 17.2 Å². The molecule has 3 heterocycles. The molecule has 8 nitrogen and oxygen atoms in total. The second kappa shape index (κ2) is 9.80. The Kier molecular flexibility index (Phi) is 6.97. The zero-order valence-electron chi connectivity index (χ0n) is 20.8. The van der Waals surface area contributed by atoms with Gasteiger partial charge in [-0.1, -0.05) is 26.8 Å². The zero-order chi connectivity index (χ0) is 25.2. The third-order valence-electron chi connectivity index (χ3n) is 6.54. The minimum Gasteiger partial charge on any atom is -0.496 e. The molecular weight excluding hydrogens is 462 g/mol. The van der Waals surface area contributed by atoms with Crippen molar-refractivity contribution >= 4 is 17.2 Å². The van der Waals surface area contributed by atoms with Crippen LogP contribution in [0.25, 0.3) is 0 Å². The van der Waals surface area contributed by atoms with Crippen molar-refractivity contribution in [3.8, 4) is 11.8 Å². The molecule has 9 heteroatoms. The molecule has 2 aromatic heterocycles. The number of amides is 1. The van der Waals surface area contributed by atoms with Crippen molar-refractivity contribution in [3.05, 3.63) is 64.4 Å². The van der Waals surface area contributed by atoms with Crippen LogP contribution in [0.5, 0.6) is 5.75 Å². The van der Waals surface area contributed by atoms with Gasteiger partial charge in [0.05, 0.1) is 32.4 Å². The summed E-state index contributed by atoms with van der Waals surface area (Å²) in [7, 11) is 3.25. The van der Waals surface area contributed by atoms with E-state index in [1.165, 1.54) is 11.3 Å². The first-order valence-electron chi connectivity index (χ1n) is 11.5. The van der Waals surface area contributed by atoms with E-state index in [4.69, 9.17) is 9.47 Å². The number of carbonyl (C=O) groups excluding carboxylic acids is 1. The molecule has 0 spiro atoms. The Labute approximate surface area is 210 Å². The van der Waals surface area contributed by atoms with E-state index in [0.29, 0.717) is 24.3 Å². The molecule has 0 saturated carbocycles. The average molecular weight is 494 g/mol. The van der Waals surface area contributed by atoms with E-state index in [9.17, 15) is 10.1 Å². The highest BCUT2D eigenvalue weighted by atomic mass is 32.1. The largest absolute Gasteiger partial charge is 0.496 e. The van der Waals surface area contributed by atoms with Crippen molar-refractivity contribution in [2.75, 3.05) is 20.8 Å². The molecule has 1 aromatic carbocycles. The van der Waals surface area contributed by atoms with Crippen molar-refractivity contribution in [2.45, 2.75) is 50.7 Å². The van der Waals surface area contributed by atoms with Crippen molar-refractivity contribution in [1.82, 2.24) is 19.7 Å². The Hall–Kier alpha value is -3.22. The lowest BCUT2D eigenvalue weighted by Crippen LogP contribution is -2.50. The van der Waals surface area contributed by atoms with Gasteiger partial charge in [-0.2, -0.15) is 10.4 Å². The Bertz CT molecular complexity index is 1200. The first kappa shape index (κ1) is 24.9. The molecule has 1 aliphatic rings. The molecule has 4 rings (SSSR count). The van der Waals surface area contributed by atoms with Crippen LogP contribution < -0.4 is 4.74 Å². The van der Waals surface area contributed by atoms with Gasteiger partial charge in [-0.15, -0.1) is 11.3 Å². The standard InChI is InChI=1S/C26H31N5O3S/c1-25(2,3)20-8-7-18(13-21(20)34-5)24(32)31-22(23-28-10-12-35-23)19(15-33-4)14-26(31,16-27)17-30-11-6-9-29-30/h6-13,19,22H,14-15,17H2,1-5H3/t19-,22-,26+/m0/s1. The third kappa shape index (κ3) is 4.68. The maximum Gasteiger partial charge on any atom is 0.255 e. The molecule has 1 amide bonds. The van der Waals surface area contributed by atoms with Crippen LogP contribution in [0.15, 0.2) is 48.2 Å². The summed E-state index contributed by atoms with van der Waals surface area (Å²) < 4.78 is 12.9. The number of methoxy groups -OCH3 is 2. The number of aromatic nitrogens is 3. The van der Waals surface area contributed by atoms with Gasteiger partial charge in [0.25, 0.3) is 5.91 Å². The van der Waals surface area contributed by atoms with Gasteiger partial charge >= 0.3 is 0 Å². The highest BCUT2D eigenvalue weighted by Crippen LogP contribution is 2.49. The number of nitriles is 1. The van der Waals surface area contributed by atoms with Crippen LogP contribution in [0.3, 0.4) is 0 Å². The molecule has 1 fully saturated rings. The number of carbonyl (C=O) groups is 1. The SMILES string of the molecule is COC[C@@H]1C[C@@](C#N)(Cn2cccn2)N(C(=O)c2ccc(C(C)(C)C)c(OC)c2)[C@@H]1c1nccs1. The highest BCUT2D eigenvalue weighted by molar-refractivity contribution is 7.09. The second-order valence-corrected chi connectivity index (χ2v) is 10.8. The maximum absolute atomic E-state index is 14.3. The molecule has 0 bridgehead atoms. The molecule has 0 aliphatic carbocycles. The van der Waals surface area contributed by atoms with Crippen molar-refractivity contribution in [1.29, 1.82) is 5.26 Å². The van der Waals surface area contributed by atoms with Crippen LogP contribution in [0.4, 0.5) is 0 Å². The molecule has 0 unspecified atom stereocenters. The van der Waals surface area contributed by atoms with E-state index in [0.717, 1.165) is 10.6 Å². The Morgan fingerprint density at radius 2 is 2.11 bits per heavy atom. The van der Waals surface area contributed by atoms with Gasteiger partial charge in [-0.25, -0.2) is 4.98 Å². The molecule has 0 N–H and O–H groups in total. The van der Waals surface area contributed by atoms with Gasteiger partial charge in [0, 0.05) is 42.6 Å². The minimum absolute atomic E-state index is 0.0962. The van der Waals surface area contributed by atoms with Gasteiger partial charge < -0.3 is 14.4 Å². The number of rotatable bonds is 7. The molecular formula is C26H31N5O3S. The quantitative estimate of drug-likeness (QED) is 0.483. The third-order valence-corrected chi connectivity index (χ3v) is 7.38. The van der Waals surface area contributed by atoms with Crippen LogP contribution in [0.1, 0.15) is 54.2 Å². The molecule has 1 saturated heterocycles. The highest BCUT2D eigenvalue weighted by Gasteiger charge is 2.56. The topological polar surface area (TPSA) is 93.3 Å². The summed E-state index contributed by atoms with van der Waals surface area (Å²) in [6, 6.07) is 9.45. The normalized spacial score (nSPS) is 22.2. The number of benzene rings is 1. The van der Waals surface area contributed by atoms with E-state index >= 15 is 0 Å². The number of likely N-dealkylation sites (tertiary alicyclic amines) is 1. The van der Waals surface area contributed by atoms with E-state index in [1.807, 2.05) is 29.8 Å². The van der Waals surface area contributed by atoms with Gasteiger partial charge in [0.2, 0.25) is 0 Å². The first-order valence-corrected chi connectivity index (χ1v) is 12.4. The number of hydrogen-bond acceptors (Lipinski definition) is 7. The summed E-state index contributed by atoms with van der Waals surface area (Å²) >= 11 is 1.48. The molecule has 35 heavy (non-hydrogen) atoms. The second-order valence-electron chi connectivity index (χ2n) is 9.92. The smallest absolute Gasteiger partial charge is 0.255 e. The number of hydrogen-bond donors (Lipinski definition) is 0. The Morgan fingerprint density at radius 3 is 2.69 bits per heavy atom. The van der Waals surface area contributed by atoms with E-state index in [1.54, 1.807) is 42.3 Å². The number of thiazole rings is 1. The molecule has 1 aliphatic heterocycles. The fourth-order valence-electron chi connectivity index (χ4n) is 5.02. The van der Waals surface area contributed by atoms with Crippen LogP contribution in [-0.2, 0) is 16.7 Å². The van der Waals surface area contributed by atoms with Crippen molar-refractivity contribution in [2.24, 2.45) is 5.92 Å². The summed E-state index contributed by atoms with van der Waals surface area (Å²) in [6.07, 6.45) is 5.66. The average Bonchev–Trinajstić information content (AvgIpc) is 3.59. The lowest BCUT2D eigenvalue weighted by atomic mass is 9.85. The van der Waals surface area contributed by atoms with E-state index in [2.05, 4.69) is 36.9 Å². The lowest BCUT2D eigenvalue weighted by Gasteiger charge is -2.36. The molecule has 3 atom stereocenters. The summed E-state index contributed by atoms with van der Waals surface area (Å²) in [4.78, 5) is 20.5. The summed E-state index contributed by atoms with van der Waals surface area (Å²) in [6.45, 7) is 6.96. The first-order chi connectivity index (χ1) is 16.7. The Balaban J connectivity index is 1.85. The van der Waals surface area contributed by atoms with Crippen LogP contribution >= 0.6 is 11.3 Å². The summed E-state index contributed by atoms with van der Waals surface area (Å²) in [5.74, 6) is 0.314. The Morgan fingerprint density at radius 1 is 1.31 bits per heavy atom. The monoisotopic (exact) mass is 493 g/mol. The summed E-state index contributed by atoms with van der Waals surface area (Å²) in [5, 5.41) is 17.6. The predicted octanol–water partition coefficient (Wildman–Crippen LogP) is 4.46. The predicted molar refractivity (Wildman–Crippen MR) is 133 cm³/mol. The van der Waals surface area contributed by atoms with E-state index < -0.39 is 11.6 Å². The van der Waals surface area contributed by atoms with Crippen molar-refractivity contribution in [3.63, 3.8) is 0 Å². The number of nitrogens with zero attached hydrogens (tertiary/aromatic N) is 5. The lowest BCUT2D eigenvalue weighted by molar-refractivity contribution is 0.0516. The van der Waals surface area contributed by atoms with Gasteiger partial charge in [-0.05, 0) is 35.6 Å². The van der Waals surface area contributed by atoms with Gasteiger partial charge in [-0.3, -0.25) is 9.48 Å². The minimum atomic E-state index is -1.13. The van der Waals surface area contributed by atoms with Gasteiger partial charge in [0.1, 0.15) is 10.8 Å². The van der Waals surface area contributed by atoms with Crippen LogP contribution in [-0.4, -0.2) is 51.9 Å². The fraction of sp³-hybridized carbons (Fsp3) is 0.462. The van der Waals surface area contributed by atoms with Crippen molar-refractivity contribution < 1.29 is 14.3 Å². The maximum atomic E-state index is 14.3.